The summed E-state index contributed by atoms with van der Waals surface area (Å²) in [7, 11) is -2.08. The van der Waals surface area contributed by atoms with Gasteiger partial charge >= 0.3 is 0 Å². The van der Waals surface area contributed by atoms with Crippen LogP contribution in [-0.4, -0.2) is 86.0 Å². The van der Waals surface area contributed by atoms with Gasteiger partial charge in [-0.15, -0.1) is 0 Å². The Hall–Kier alpha value is -1.68. The van der Waals surface area contributed by atoms with Crippen LogP contribution in [0.15, 0.2) is 24.3 Å². The monoisotopic (exact) mass is 515 g/mol. The summed E-state index contributed by atoms with van der Waals surface area (Å²) >= 11 is 6.16. The lowest BCUT2D eigenvalue weighted by Crippen LogP contribution is -2.52. The fourth-order valence-electron chi connectivity index (χ4n) is 4.15. The number of nitrogens with zero attached hydrogens (tertiary/aromatic N) is 3. The van der Waals surface area contributed by atoms with Crippen molar-refractivity contribution in [3.8, 4) is 0 Å². The third kappa shape index (κ3) is 8.22. The summed E-state index contributed by atoms with van der Waals surface area (Å²) in [5.41, 5.74) is 0.876. The molecule has 0 aliphatic carbocycles. The van der Waals surface area contributed by atoms with E-state index in [0.29, 0.717) is 43.9 Å². The van der Waals surface area contributed by atoms with E-state index >= 15 is 0 Å². The molecular weight excluding hydrogens is 478 g/mol. The Kier molecular flexibility index (Phi) is 11.3. The standard InChI is InChI=1S/C24H38ClN3O5S/c1-5-15-34(31,32)27(13-14-33-4)18-23(29)28(17-20-7-6-8-21(25)16-20)22-9-11-26(12-10-22)24(30)19(2)3/h6-8,16,19,22H,5,9-15,17-18H2,1-4H3. The molecule has 0 atom stereocenters. The normalized spacial score (nSPS) is 15.2. The maximum Gasteiger partial charge on any atom is 0.238 e. The first kappa shape index (κ1) is 28.6. The lowest BCUT2D eigenvalue weighted by molar-refractivity contribution is -0.139. The van der Waals surface area contributed by atoms with Crippen molar-refractivity contribution >= 4 is 33.4 Å². The molecule has 2 amide bonds. The highest BCUT2D eigenvalue weighted by atomic mass is 35.5. The second kappa shape index (κ2) is 13.4. The van der Waals surface area contributed by atoms with Crippen LogP contribution in [0.3, 0.4) is 0 Å². The first-order valence-corrected chi connectivity index (χ1v) is 13.9. The van der Waals surface area contributed by atoms with E-state index in [2.05, 4.69) is 0 Å². The number of carbonyl (C=O) groups excluding carboxylic acids is 2. The third-order valence-electron chi connectivity index (χ3n) is 5.99. The lowest BCUT2D eigenvalue weighted by Gasteiger charge is -2.40. The van der Waals surface area contributed by atoms with Crippen LogP contribution in [0.4, 0.5) is 0 Å². The zero-order valence-corrected chi connectivity index (χ0v) is 22.3. The molecule has 1 heterocycles. The van der Waals surface area contributed by atoms with Crippen molar-refractivity contribution in [1.29, 1.82) is 0 Å². The molecule has 0 spiro atoms. The van der Waals surface area contributed by atoms with Gasteiger partial charge in [0.15, 0.2) is 0 Å². The van der Waals surface area contributed by atoms with Crippen molar-refractivity contribution in [3.05, 3.63) is 34.9 Å². The molecule has 1 fully saturated rings. The fourth-order valence-corrected chi connectivity index (χ4v) is 5.80. The van der Waals surface area contributed by atoms with Gasteiger partial charge < -0.3 is 14.5 Å². The molecule has 0 aromatic heterocycles. The molecule has 0 unspecified atom stereocenters. The molecule has 192 valence electrons. The second-order valence-corrected chi connectivity index (χ2v) is 11.5. The van der Waals surface area contributed by atoms with Gasteiger partial charge in [-0.3, -0.25) is 9.59 Å². The number of halogens is 1. The molecule has 0 bridgehead atoms. The molecular formula is C24H38ClN3O5S. The zero-order valence-electron chi connectivity index (χ0n) is 20.7. The summed E-state index contributed by atoms with van der Waals surface area (Å²) < 4.78 is 31.9. The van der Waals surface area contributed by atoms with Crippen LogP contribution in [0.5, 0.6) is 0 Å². The summed E-state index contributed by atoms with van der Waals surface area (Å²) in [6.45, 7) is 7.13. The van der Waals surface area contributed by atoms with Gasteiger partial charge in [0, 0.05) is 50.3 Å². The van der Waals surface area contributed by atoms with Crippen molar-refractivity contribution in [3.63, 3.8) is 0 Å². The van der Waals surface area contributed by atoms with Crippen LogP contribution in [0, 0.1) is 5.92 Å². The Bertz CT molecular complexity index is 917. The van der Waals surface area contributed by atoms with E-state index in [1.807, 2.05) is 36.9 Å². The Morgan fingerprint density at radius 3 is 2.47 bits per heavy atom. The number of amides is 2. The smallest absolute Gasteiger partial charge is 0.238 e. The van der Waals surface area contributed by atoms with Gasteiger partial charge in [-0.1, -0.05) is 44.5 Å². The predicted octanol–water partition coefficient (Wildman–Crippen LogP) is 3.00. The average Bonchev–Trinajstić information content (AvgIpc) is 2.79. The minimum atomic E-state index is -3.58. The van der Waals surface area contributed by atoms with E-state index in [9.17, 15) is 18.0 Å². The van der Waals surface area contributed by atoms with Gasteiger partial charge in [-0.05, 0) is 37.0 Å². The van der Waals surface area contributed by atoms with Crippen molar-refractivity contribution in [2.75, 3.05) is 45.6 Å². The van der Waals surface area contributed by atoms with Crippen LogP contribution in [0.25, 0.3) is 0 Å². The van der Waals surface area contributed by atoms with Crippen molar-refractivity contribution in [2.24, 2.45) is 5.92 Å². The minimum absolute atomic E-state index is 0.0199. The highest BCUT2D eigenvalue weighted by Gasteiger charge is 2.33. The van der Waals surface area contributed by atoms with Gasteiger partial charge in [-0.25, -0.2) is 8.42 Å². The molecule has 10 heteroatoms. The van der Waals surface area contributed by atoms with Crippen LogP contribution in [0.2, 0.25) is 5.02 Å². The van der Waals surface area contributed by atoms with Gasteiger partial charge in [0.1, 0.15) is 0 Å². The number of piperidine rings is 1. The molecule has 0 N–H and O–H groups in total. The molecule has 1 aromatic rings. The SMILES string of the molecule is CCCS(=O)(=O)N(CCOC)CC(=O)N(Cc1cccc(Cl)c1)C1CCN(C(=O)C(C)C)CC1. The van der Waals surface area contributed by atoms with E-state index in [1.54, 1.807) is 17.9 Å². The topological polar surface area (TPSA) is 87.2 Å². The Morgan fingerprint density at radius 1 is 1.24 bits per heavy atom. The van der Waals surface area contributed by atoms with Crippen molar-refractivity contribution < 1.29 is 22.7 Å². The predicted molar refractivity (Wildman–Crippen MR) is 134 cm³/mol. The number of benzene rings is 1. The average molecular weight is 516 g/mol. The highest BCUT2D eigenvalue weighted by Crippen LogP contribution is 2.22. The number of likely N-dealkylation sites (tertiary alicyclic amines) is 1. The van der Waals surface area contributed by atoms with Crippen molar-refractivity contribution in [2.45, 2.75) is 52.6 Å². The molecule has 1 aromatic carbocycles. The zero-order chi connectivity index (χ0) is 25.3. The number of rotatable bonds is 12. The van der Waals surface area contributed by atoms with Gasteiger partial charge in [0.2, 0.25) is 21.8 Å². The highest BCUT2D eigenvalue weighted by molar-refractivity contribution is 7.89. The van der Waals surface area contributed by atoms with Crippen LogP contribution >= 0.6 is 11.6 Å². The van der Waals surface area contributed by atoms with E-state index in [1.165, 1.54) is 11.4 Å². The first-order chi connectivity index (χ1) is 16.1. The Labute approximate surface area is 209 Å². The number of carbonyl (C=O) groups is 2. The van der Waals surface area contributed by atoms with Crippen LogP contribution in [0.1, 0.15) is 45.6 Å². The quantitative estimate of drug-likeness (QED) is 0.427. The van der Waals surface area contributed by atoms with E-state index < -0.39 is 10.0 Å². The maximum atomic E-state index is 13.5. The summed E-state index contributed by atoms with van der Waals surface area (Å²) in [5.74, 6) is -0.237. The summed E-state index contributed by atoms with van der Waals surface area (Å²) in [5, 5.41) is 0.578. The number of methoxy groups -OCH3 is 1. The number of hydrogen-bond acceptors (Lipinski definition) is 5. The van der Waals surface area contributed by atoms with E-state index in [0.717, 1.165) is 5.56 Å². The number of hydrogen-bond donors (Lipinski definition) is 0. The minimum Gasteiger partial charge on any atom is -0.383 e. The third-order valence-corrected chi connectivity index (χ3v) is 8.24. The fraction of sp³-hybridized carbons (Fsp3) is 0.667. The van der Waals surface area contributed by atoms with Crippen LogP contribution in [-0.2, 0) is 30.9 Å². The van der Waals surface area contributed by atoms with Gasteiger partial charge in [-0.2, -0.15) is 4.31 Å². The molecule has 0 radical (unpaired) electrons. The number of sulfonamides is 1. The maximum absolute atomic E-state index is 13.5. The molecule has 1 aliphatic rings. The molecule has 1 saturated heterocycles. The lowest BCUT2D eigenvalue weighted by atomic mass is 10.0. The molecule has 0 saturated carbocycles. The summed E-state index contributed by atoms with van der Waals surface area (Å²) in [6, 6.07) is 7.23. The van der Waals surface area contributed by atoms with Gasteiger partial charge in [0.25, 0.3) is 0 Å². The van der Waals surface area contributed by atoms with Crippen molar-refractivity contribution in [1.82, 2.24) is 14.1 Å². The number of ether oxygens (including phenoxy) is 1. The first-order valence-electron chi connectivity index (χ1n) is 11.9. The largest absolute Gasteiger partial charge is 0.383 e. The van der Waals surface area contributed by atoms with E-state index in [-0.39, 0.29) is 49.2 Å². The summed E-state index contributed by atoms with van der Waals surface area (Å²) in [6.07, 6.45) is 1.75. The molecule has 2 rings (SSSR count). The second-order valence-electron chi connectivity index (χ2n) is 9.01. The molecule has 34 heavy (non-hydrogen) atoms. The summed E-state index contributed by atoms with van der Waals surface area (Å²) in [4.78, 5) is 29.5. The molecule has 1 aliphatic heterocycles. The van der Waals surface area contributed by atoms with Crippen LogP contribution < -0.4 is 0 Å². The molecule has 8 nitrogen and oxygen atoms in total. The van der Waals surface area contributed by atoms with Gasteiger partial charge in [0.05, 0.1) is 18.9 Å². The van der Waals surface area contributed by atoms with E-state index in [4.69, 9.17) is 16.3 Å². The Balaban J connectivity index is 2.24. The Morgan fingerprint density at radius 2 is 1.91 bits per heavy atom.